The molecule has 1 aromatic carbocycles. The molecule has 3 nitrogen and oxygen atoms in total. The predicted octanol–water partition coefficient (Wildman–Crippen LogP) is 5.50. The fraction of sp³-hybridized carbons (Fsp3) is 0.500. The van der Waals surface area contributed by atoms with Crippen LogP contribution in [0, 0.1) is 0 Å². The number of carbonyl (C=O) groups excluding carboxylic acids is 1. The molecule has 0 bridgehead atoms. The van der Waals surface area contributed by atoms with Gasteiger partial charge in [0, 0.05) is 30.1 Å². The van der Waals surface area contributed by atoms with E-state index in [1.807, 2.05) is 31.2 Å². The number of hydrogen-bond donors (Lipinski definition) is 1. The van der Waals surface area contributed by atoms with E-state index in [2.05, 4.69) is 6.58 Å². The van der Waals surface area contributed by atoms with Gasteiger partial charge in [-0.15, -0.1) is 0 Å². The lowest BCUT2D eigenvalue weighted by molar-refractivity contribution is -0.118. The minimum Gasteiger partial charge on any atom is -0.513 e. The van der Waals surface area contributed by atoms with Crippen LogP contribution in [0.15, 0.2) is 36.6 Å². The zero-order valence-corrected chi connectivity index (χ0v) is 14.1. The largest absolute Gasteiger partial charge is 0.513 e. The van der Waals surface area contributed by atoms with Crippen LogP contribution in [0.3, 0.4) is 0 Å². The van der Waals surface area contributed by atoms with Crippen molar-refractivity contribution < 1.29 is 9.90 Å². The molecule has 1 amide bonds. The van der Waals surface area contributed by atoms with Crippen molar-refractivity contribution in [1.82, 2.24) is 0 Å². The molecule has 1 aromatic rings. The smallest absolute Gasteiger partial charge is 0.226 e. The molecule has 0 saturated heterocycles. The lowest BCUT2D eigenvalue weighted by atomic mass is 10.1. The summed E-state index contributed by atoms with van der Waals surface area (Å²) in [5.41, 5.74) is 0.901. The fourth-order valence-corrected chi connectivity index (χ4v) is 2.52. The quantitative estimate of drug-likeness (QED) is 0.456. The Morgan fingerprint density at radius 2 is 1.64 bits per heavy atom. The maximum atomic E-state index is 12.3. The monoisotopic (exact) mass is 323 g/mol. The average Bonchev–Trinajstić information content (AvgIpc) is 2.48. The van der Waals surface area contributed by atoms with E-state index in [9.17, 15) is 4.79 Å². The number of aliphatic hydroxyl groups excluding tert-OH is 1. The summed E-state index contributed by atoms with van der Waals surface area (Å²) in [4.78, 5) is 14.1. The Kier molecular flexibility index (Phi) is 8.68. The summed E-state index contributed by atoms with van der Waals surface area (Å²) in [7, 11) is 0. The predicted molar refractivity (Wildman–Crippen MR) is 93.6 cm³/mol. The molecule has 1 rings (SSSR count). The van der Waals surface area contributed by atoms with Gasteiger partial charge in [0.05, 0.1) is 5.76 Å². The van der Waals surface area contributed by atoms with Crippen molar-refractivity contribution in [3.8, 4) is 0 Å². The van der Waals surface area contributed by atoms with Crippen molar-refractivity contribution in [2.45, 2.75) is 51.9 Å². The number of amides is 1. The number of carbonyl (C=O) groups is 1. The number of hydrogen-bond acceptors (Lipinski definition) is 2. The van der Waals surface area contributed by atoms with E-state index in [4.69, 9.17) is 16.7 Å². The molecule has 0 radical (unpaired) electrons. The summed E-state index contributed by atoms with van der Waals surface area (Å²) in [5.74, 6) is 0.422. The standard InChI is InChI=1S/C18H26ClNO2/c1-3-20(17-13-11-16(19)12-14-17)18(22)10-8-6-4-5-7-9-15(2)21/h11-14,21H,2-10H2,1H3. The number of benzene rings is 1. The molecule has 0 unspecified atom stereocenters. The third-order valence-corrected chi connectivity index (χ3v) is 3.86. The molecule has 0 aliphatic carbocycles. The van der Waals surface area contributed by atoms with E-state index in [0.29, 0.717) is 24.4 Å². The van der Waals surface area contributed by atoms with Gasteiger partial charge in [0.2, 0.25) is 5.91 Å². The zero-order valence-electron chi connectivity index (χ0n) is 13.4. The van der Waals surface area contributed by atoms with Crippen LogP contribution in [0.4, 0.5) is 5.69 Å². The lowest BCUT2D eigenvalue weighted by Gasteiger charge is -2.21. The van der Waals surface area contributed by atoms with Crippen molar-refractivity contribution in [2.75, 3.05) is 11.4 Å². The Morgan fingerprint density at radius 3 is 2.18 bits per heavy atom. The molecule has 4 heteroatoms. The summed E-state index contributed by atoms with van der Waals surface area (Å²) in [6.07, 6.45) is 6.33. The van der Waals surface area contributed by atoms with Crippen LogP contribution in [-0.4, -0.2) is 17.6 Å². The number of unbranched alkanes of at least 4 members (excludes halogenated alkanes) is 4. The van der Waals surface area contributed by atoms with Crippen LogP contribution in [0.1, 0.15) is 51.9 Å². The van der Waals surface area contributed by atoms with Gasteiger partial charge in [-0.3, -0.25) is 4.79 Å². The highest BCUT2D eigenvalue weighted by Gasteiger charge is 2.13. The number of nitrogens with zero attached hydrogens (tertiary/aromatic N) is 1. The minimum atomic E-state index is 0.161. The van der Waals surface area contributed by atoms with E-state index >= 15 is 0 Å². The van der Waals surface area contributed by atoms with Gasteiger partial charge in [-0.2, -0.15) is 0 Å². The van der Waals surface area contributed by atoms with E-state index < -0.39 is 0 Å². The third kappa shape index (κ3) is 6.99. The van der Waals surface area contributed by atoms with E-state index in [-0.39, 0.29) is 11.7 Å². The van der Waals surface area contributed by atoms with Gasteiger partial charge in [0.1, 0.15) is 0 Å². The van der Waals surface area contributed by atoms with Gasteiger partial charge < -0.3 is 10.0 Å². The average molecular weight is 324 g/mol. The number of anilines is 1. The fourth-order valence-electron chi connectivity index (χ4n) is 2.39. The molecule has 0 fully saturated rings. The number of rotatable bonds is 10. The molecule has 0 saturated carbocycles. The summed E-state index contributed by atoms with van der Waals surface area (Å²) in [6.45, 7) is 6.12. The second-order valence-corrected chi connectivity index (χ2v) is 5.88. The Balaban J connectivity index is 2.28. The van der Waals surface area contributed by atoms with E-state index in [0.717, 1.165) is 37.8 Å². The van der Waals surface area contributed by atoms with Gasteiger partial charge in [-0.1, -0.05) is 37.4 Å². The first-order valence-electron chi connectivity index (χ1n) is 7.97. The van der Waals surface area contributed by atoms with E-state index in [1.54, 1.807) is 4.90 Å². The van der Waals surface area contributed by atoms with Crippen LogP contribution in [-0.2, 0) is 4.79 Å². The molecular formula is C18H26ClNO2. The van der Waals surface area contributed by atoms with E-state index in [1.165, 1.54) is 0 Å². The molecule has 0 aliphatic rings. The number of aliphatic hydroxyl groups is 1. The van der Waals surface area contributed by atoms with Crippen molar-refractivity contribution in [3.05, 3.63) is 41.6 Å². The Hall–Kier alpha value is -1.48. The van der Waals surface area contributed by atoms with Gasteiger partial charge in [-0.05, 0) is 44.0 Å². The Morgan fingerprint density at radius 1 is 1.09 bits per heavy atom. The molecule has 0 atom stereocenters. The Bertz CT molecular complexity index is 470. The second kappa shape index (κ2) is 10.3. The third-order valence-electron chi connectivity index (χ3n) is 3.61. The molecule has 0 heterocycles. The lowest BCUT2D eigenvalue weighted by Crippen LogP contribution is -2.30. The second-order valence-electron chi connectivity index (χ2n) is 5.45. The first-order chi connectivity index (χ1) is 10.5. The van der Waals surface area contributed by atoms with Crippen LogP contribution in [0.25, 0.3) is 0 Å². The molecular weight excluding hydrogens is 298 g/mol. The van der Waals surface area contributed by atoms with Crippen molar-refractivity contribution in [1.29, 1.82) is 0 Å². The van der Waals surface area contributed by atoms with Crippen LogP contribution >= 0.6 is 11.6 Å². The van der Waals surface area contributed by atoms with Crippen molar-refractivity contribution in [2.24, 2.45) is 0 Å². The van der Waals surface area contributed by atoms with Crippen LogP contribution in [0.5, 0.6) is 0 Å². The number of halogens is 1. The van der Waals surface area contributed by atoms with Crippen molar-refractivity contribution in [3.63, 3.8) is 0 Å². The summed E-state index contributed by atoms with van der Waals surface area (Å²) in [6, 6.07) is 7.38. The highest BCUT2D eigenvalue weighted by atomic mass is 35.5. The van der Waals surface area contributed by atoms with Gasteiger partial charge in [0.25, 0.3) is 0 Å². The van der Waals surface area contributed by atoms with Crippen LogP contribution in [0.2, 0.25) is 5.02 Å². The molecule has 0 aromatic heterocycles. The highest BCUT2D eigenvalue weighted by Crippen LogP contribution is 2.19. The molecule has 122 valence electrons. The first-order valence-corrected chi connectivity index (χ1v) is 8.35. The number of allylic oxidation sites excluding steroid dienone is 1. The molecule has 22 heavy (non-hydrogen) atoms. The SMILES string of the molecule is C=C(O)CCCCCCCC(=O)N(CC)c1ccc(Cl)cc1. The van der Waals surface area contributed by atoms with Gasteiger partial charge in [0.15, 0.2) is 0 Å². The van der Waals surface area contributed by atoms with Gasteiger partial charge >= 0.3 is 0 Å². The summed E-state index contributed by atoms with van der Waals surface area (Å²) < 4.78 is 0. The first kappa shape index (κ1) is 18.6. The zero-order chi connectivity index (χ0) is 16.4. The summed E-state index contributed by atoms with van der Waals surface area (Å²) in [5, 5.41) is 9.67. The Labute approximate surface area is 138 Å². The minimum absolute atomic E-state index is 0.161. The molecule has 0 spiro atoms. The maximum absolute atomic E-state index is 12.3. The molecule has 1 N–H and O–H groups in total. The topological polar surface area (TPSA) is 40.5 Å². The maximum Gasteiger partial charge on any atom is 0.226 e. The molecule has 0 aliphatic heterocycles. The van der Waals surface area contributed by atoms with Gasteiger partial charge in [-0.25, -0.2) is 0 Å². The van der Waals surface area contributed by atoms with Crippen LogP contribution < -0.4 is 4.90 Å². The normalized spacial score (nSPS) is 10.5. The van der Waals surface area contributed by atoms with Crippen molar-refractivity contribution >= 4 is 23.2 Å². The summed E-state index contributed by atoms with van der Waals surface area (Å²) >= 11 is 5.88. The highest BCUT2D eigenvalue weighted by molar-refractivity contribution is 6.30.